The van der Waals surface area contributed by atoms with Crippen LogP contribution in [0.4, 0.5) is 4.39 Å². The van der Waals surface area contributed by atoms with Crippen molar-refractivity contribution in [2.45, 2.75) is 26.7 Å². The molecule has 0 atom stereocenters. The summed E-state index contributed by atoms with van der Waals surface area (Å²) in [6.07, 6.45) is 2.11. The van der Waals surface area contributed by atoms with Gasteiger partial charge in [0, 0.05) is 16.8 Å². The molecule has 0 fully saturated rings. The molecular formula is C32H27FNO+. The van der Waals surface area contributed by atoms with Gasteiger partial charge in [-0.15, -0.1) is 0 Å². The van der Waals surface area contributed by atoms with Gasteiger partial charge in [0.15, 0.2) is 6.20 Å². The molecule has 6 rings (SSSR count). The summed E-state index contributed by atoms with van der Waals surface area (Å²) in [7, 11) is 2.07. The van der Waals surface area contributed by atoms with Gasteiger partial charge in [-0.1, -0.05) is 68.4 Å². The van der Waals surface area contributed by atoms with Crippen LogP contribution in [0.1, 0.15) is 30.9 Å². The van der Waals surface area contributed by atoms with Crippen molar-refractivity contribution < 1.29 is 13.4 Å². The van der Waals surface area contributed by atoms with E-state index in [2.05, 4.69) is 75.0 Å². The Morgan fingerprint density at radius 2 is 1.46 bits per heavy atom. The van der Waals surface area contributed by atoms with E-state index in [1.165, 1.54) is 16.3 Å². The lowest BCUT2D eigenvalue weighted by Gasteiger charge is -2.11. The number of furan rings is 1. The van der Waals surface area contributed by atoms with E-state index in [1.807, 2.05) is 36.4 Å². The highest BCUT2D eigenvalue weighted by Gasteiger charge is 2.25. The number of aromatic nitrogens is 1. The minimum absolute atomic E-state index is 0.280. The quantitative estimate of drug-likeness (QED) is 0.242. The van der Waals surface area contributed by atoms with Gasteiger partial charge in [-0.3, -0.25) is 0 Å². The van der Waals surface area contributed by atoms with Crippen LogP contribution in [0.25, 0.3) is 55.1 Å². The Labute approximate surface area is 204 Å². The summed E-state index contributed by atoms with van der Waals surface area (Å²) < 4.78 is 23.9. The molecular weight excluding hydrogens is 433 g/mol. The second kappa shape index (κ2) is 8.06. The minimum atomic E-state index is -0.280. The predicted octanol–water partition coefficient (Wildman–Crippen LogP) is 8.47. The normalized spacial score (nSPS) is 11.8. The zero-order valence-corrected chi connectivity index (χ0v) is 20.4. The summed E-state index contributed by atoms with van der Waals surface area (Å²) in [5.41, 5.74) is 7.27. The molecule has 0 amide bonds. The highest BCUT2D eigenvalue weighted by atomic mass is 19.1. The molecule has 0 saturated carbocycles. The zero-order chi connectivity index (χ0) is 24.3. The van der Waals surface area contributed by atoms with Gasteiger partial charge < -0.3 is 4.42 Å². The Bertz CT molecular complexity index is 1750. The summed E-state index contributed by atoms with van der Waals surface area (Å²) in [5, 5.41) is 4.29. The number of hydrogen-bond donors (Lipinski definition) is 0. The molecule has 6 aromatic rings. The van der Waals surface area contributed by atoms with Gasteiger partial charge in [-0.05, 0) is 53.1 Å². The SMILES string of the molecule is Cc1ccc2c(oc3c(-c4ccccc4)c(F)ccc32)c1-c1c2ccc(C(C)C)cc2cc[n+]1C. The van der Waals surface area contributed by atoms with Gasteiger partial charge in [0.2, 0.25) is 5.69 Å². The third-order valence-corrected chi connectivity index (χ3v) is 7.09. The van der Waals surface area contributed by atoms with Crippen LogP contribution in [0, 0.1) is 12.7 Å². The Kier molecular flexibility index (Phi) is 4.96. The standard InChI is InChI=1S/C32H27FNO/c1-19(2)22-11-13-24-23(18-22)16-17-34(4)30(24)28-20(3)10-12-25-26-14-15-27(33)29(32(26)35-31(25)28)21-8-6-5-7-9-21/h5-19H,1-4H3/q+1. The molecule has 2 aromatic heterocycles. The zero-order valence-electron chi connectivity index (χ0n) is 20.4. The second-order valence-electron chi connectivity index (χ2n) is 9.68. The maximum atomic E-state index is 15.1. The summed E-state index contributed by atoms with van der Waals surface area (Å²) in [4.78, 5) is 0. The van der Waals surface area contributed by atoms with Crippen LogP contribution in [-0.2, 0) is 7.05 Å². The second-order valence-corrected chi connectivity index (χ2v) is 9.68. The van der Waals surface area contributed by atoms with E-state index in [4.69, 9.17) is 4.42 Å². The summed E-state index contributed by atoms with van der Waals surface area (Å²) in [6, 6.07) is 26.1. The fraction of sp³-hybridized carbons (Fsp3) is 0.156. The molecule has 35 heavy (non-hydrogen) atoms. The van der Waals surface area contributed by atoms with E-state index in [1.54, 1.807) is 6.07 Å². The van der Waals surface area contributed by atoms with Crippen LogP contribution in [0.2, 0.25) is 0 Å². The molecule has 4 aromatic carbocycles. The van der Waals surface area contributed by atoms with Gasteiger partial charge in [0.25, 0.3) is 0 Å². The van der Waals surface area contributed by atoms with Crippen LogP contribution in [-0.4, -0.2) is 0 Å². The van der Waals surface area contributed by atoms with Gasteiger partial charge in [-0.25, -0.2) is 8.96 Å². The van der Waals surface area contributed by atoms with Gasteiger partial charge in [0.1, 0.15) is 24.0 Å². The Balaban J connectivity index is 1.72. The van der Waals surface area contributed by atoms with E-state index in [9.17, 15) is 0 Å². The largest absolute Gasteiger partial charge is 0.454 e. The average molecular weight is 461 g/mol. The first-order valence-electron chi connectivity index (χ1n) is 12.1. The molecule has 3 heteroatoms. The number of nitrogens with zero attached hydrogens (tertiary/aromatic N) is 1. The van der Waals surface area contributed by atoms with Crippen molar-refractivity contribution >= 4 is 32.7 Å². The lowest BCUT2D eigenvalue weighted by Crippen LogP contribution is -2.30. The Hall–Kier alpha value is -3.98. The molecule has 0 aliphatic carbocycles. The first kappa shape index (κ1) is 21.5. The molecule has 0 unspecified atom stereocenters. The predicted molar refractivity (Wildman–Crippen MR) is 142 cm³/mol. The molecule has 2 heterocycles. The molecule has 172 valence electrons. The number of hydrogen-bond acceptors (Lipinski definition) is 1. The number of halogens is 1. The summed E-state index contributed by atoms with van der Waals surface area (Å²) in [6.45, 7) is 6.55. The van der Waals surface area contributed by atoms with E-state index < -0.39 is 0 Å². The van der Waals surface area contributed by atoms with Gasteiger partial charge >= 0.3 is 0 Å². The molecule has 0 saturated heterocycles. The Morgan fingerprint density at radius 3 is 2.20 bits per heavy atom. The fourth-order valence-corrected chi connectivity index (χ4v) is 5.21. The van der Waals surface area contributed by atoms with Gasteiger partial charge in [-0.2, -0.15) is 0 Å². The lowest BCUT2D eigenvalue weighted by molar-refractivity contribution is -0.659. The van der Waals surface area contributed by atoms with E-state index in [0.717, 1.165) is 38.7 Å². The van der Waals surface area contributed by atoms with Crippen LogP contribution in [0.3, 0.4) is 0 Å². The smallest absolute Gasteiger partial charge is 0.224 e. The fourth-order valence-electron chi connectivity index (χ4n) is 5.21. The highest BCUT2D eigenvalue weighted by molar-refractivity contribution is 6.14. The van der Waals surface area contributed by atoms with Crippen molar-refractivity contribution in [2.24, 2.45) is 7.05 Å². The Morgan fingerprint density at radius 1 is 0.771 bits per heavy atom. The first-order valence-corrected chi connectivity index (χ1v) is 12.1. The van der Waals surface area contributed by atoms with Crippen molar-refractivity contribution in [3.05, 3.63) is 102 Å². The maximum Gasteiger partial charge on any atom is 0.224 e. The van der Waals surface area contributed by atoms with E-state index in [0.29, 0.717) is 17.1 Å². The third-order valence-electron chi connectivity index (χ3n) is 7.09. The summed E-state index contributed by atoms with van der Waals surface area (Å²) in [5.74, 6) is 0.182. The van der Waals surface area contributed by atoms with Gasteiger partial charge in [0.05, 0.1) is 16.5 Å². The monoisotopic (exact) mass is 460 g/mol. The molecule has 0 N–H and O–H groups in total. The number of fused-ring (bicyclic) bond motifs is 4. The number of rotatable bonds is 3. The molecule has 0 bridgehead atoms. The van der Waals surface area contributed by atoms with Crippen molar-refractivity contribution in [3.8, 4) is 22.4 Å². The number of pyridine rings is 1. The third kappa shape index (κ3) is 3.34. The molecule has 0 spiro atoms. The number of aryl methyl sites for hydroxylation is 2. The van der Waals surface area contributed by atoms with Crippen LogP contribution >= 0.6 is 0 Å². The summed E-state index contributed by atoms with van der Waals surface area (Å²) >= 11 is 0. The van der Waals surface area contributed by atoms with Crippen LogP contribution in [0.15, 0.2) is 89.5 Å². The first-order chi connectivity index (χ1) is 16.9. The number of benzene rings is 4. The van der Waals surface area contributed by atoms with Crippen molar-refractivity contribution in [1.82, 2.24) is 0 Å². The van der Waals surface area contributed by atoms with Crippen LogP contribution in [0.5, 0.6) is 0 Å². The molecule has 0 aliphatic rings. The van der Waals surface area contributed by atoms with Crippen molar-refractivity contribution in [2.75, 3.05) is 0 Å². The van der Waals surface area contributed by atoms with Crippen LogP contribution < -0.4 is 4.57 Å². The highest BCUT2D eigenvalue weighted by Crippen LogP contribution is 2.42. The van der Waals surface area contributed by atoms with Crippen molar-refractivity contribution in [1.29, 1.82) is 0 Å². The van der Waals surface area contributed by atoms with E-state index in [-0.39, 0.29) is 5.82 Å². The topological polar surface area (TPSA) is 17.0 Å². The van der Waals surface area contributed by atoms with Crippen molar-refractivity contribution in [3.63, 3.8) is 0 Å². The lowest BCUT2D eigenvalue weighted by atomic mass is 9.94. The average Bonchev–Trinajstić information content (AvgIpc) is 3.23. The molecule has 0 radical (unpaired) electrons. The van der Waals surface area contributed by atoms with E-state index >= 15 is 4.39 Å². The molecule has 0 aliphatic heterocycles. The molecule has 2 nitrogen and oxygen atoms in total. The maximum absolute atomic E-state index is 15.1. The minimum Gasteiger partial charge on any atom is -0.454 e.